The van der Waals surface area contributed by atoms with Crippen molar-refractivity contribution < 1.29 is 0 Å². The Hall–Kier alpha value is -2.17. The van der Waals surface area contributed by atoms with Gasteiger partial charge in [-0.05, 0) is 12.1 Å². The molecule has 0 aliphatic carbocycles. The first-order chi connectivity index (χ1) is 7.61. The Morgan fingerprint density at radius 3 is 2.56 bits per heavy atom. The van der Waals surface area contributed by atoms with Gasteiger partial charge in [-0.1, -0.05) is 0 Å². The number of aromatic nitrogens is 1. The van der Waals surface area contributed by atoms with E-state index in [1.165, 1.54) is 0 Å². The van der Waals surface area contributed by atoms with Crippen molar-refractivity contribution >= 4 is 17.1 Å². The summed E-state index contributed by atoms with van der Waals surface area (Å²) in [6.45, 7) is 0. The van der Waals surface area contributed by atoms with E-state index in [0.717, 1.165) is 0 Å². The van der Waals surface area contributed by atoms with Crippen molar-refractivity contribution in [3.63, 3.8) is 0 Å². The highest BCUT2D eigenvalue weighted by atomic mass is 16.2. The lowest BCUT2D eigenvalue weighted by Crippen LogP contribution is -2.39. The minimum Gasteiger partial charge on any atom is -0.373 e. The van der Waals surface area contributed by atoms with E-state index in [4.69, 9.17) is 0 Å². The molecule has 1 N–H and O–H groups in total. The number of rotatable bonds is 3. The van der Waals surface area contributed by atoms with E-state index in [1.54, 1.807) is 43.5 Å². The molecule has 0 saturated carbocycles. The van der Waals surface area contributed by atoms with E-state index < -0.39 is 10.9 Å². The number of hydrogen-bond donors (Lipinski definition) is 1. The van der Waals surface area contributed by atoms with Crippen LogP contribution in [0.5, 0.6) is 0 Å². The molecule has 0 saturated heterocycles. The standard InChI is InChI=1S/C11H11N3O2/c1-14(2)9-8(10(15)11(9)16)13-7-4-3-5-12-6-7/h3-6,13H,1-2H3. The van der Waals surface area contributed by atoms with Gasteiger partial charge >= 0.3 is 0 Å². The zero-order chi connectivity index (χ0) is 11.7. The van der Waals surface area contributed by atoms with Gasteiger partial charge in [-0.2, -0.15) is 0 Å². The summed E-state index contributed by atoms with van der Waals surface area (Å²) in [4.78, 5) is 28.2. The van der Waals surface area contributed by atoms with Crippen LogP contribution in [0.25, 0.3) is 0 Å². The Balaban J connectivity index is 2.34. The summed E-state index contributed by atoms with van der Waals surface area (Å²) in [5.74, 6) is 0. The smallest absolute Gasteiger partial charge is 0.253 e. The van der Waals surface area contributed by atoms with E-state index in [2.05, 4.69) is 10.3 Å². The number of nitrogens with zero attached hydrogens (tertiary/aromatic N) is 2. The monoisotopic (exact) mass is 217 g/mol. The molecule has 0 atom stereocenters. The van der Waals surface area contributed by atoms with Gasteiger partial charge in [-0.15, -0.1) is 0 Å². The second-order valence-electron chi connectivity index (χ2n) is 3.64. The van der Waals surface area contributed by atoms with Crippen molar-refractivity contribution in [2.24, 2.45) is 0 Å². The predicted octanol–water partition coefficient (Wildman–Crippen LogP) is 0.487. The third-order valence-corrected chi connectivity index (χ3v) is 2.26. The lowest BCUT2D eigenvalue weighted by Gasteiger charge is -2.18. The molecule has 0 aliphatic rings. The van der Waals surface area contributed by atoms with E-state index in [9.17, 15) is 9.59 Å². The first-order valence-corrected chi connectivity index (χ1v) is 4.79. The fraction of sp³-hybridized carbons (Fsp3) is 0.182. The molecule has 1 aromatic carbocycles. The van der Waals surface area contributed by atoms with Crippen molar-refractivity contribution in [3.05, 3.63) is 45.0 Å². The van der Waals surface area contributed by atoms with E-state index in [0.29, 0.717) is 17.1 Å². The molecule has 0 unspecified atom stereocenters. The first kappa shape index (κ1) is 10.4. The highest BCUT2D eigenvalue weighted by Crippen LogP contribution is 2.21. The van der Waals surface area contributed by atoms with Gasteiger partial charge in [-0.25, -0.2) is 0 Å². The minimum atomic E-state index is -0.479. The maximum atomic E-state index is 11.4. The topological polar surface area (TPSA) is 62.3 Å². The van der Waals surface area contributed by atoms with Crippen LogP contribution >= 0.6 is 0 Å². The summed E-state index contributed by atoms with van der Waals surface area (Å²) in [5.41, 5.74) is 0.512. The molecule has 0 bridgehead atoms. The molecular weight excluding hydrogens is 206 g/mol. The van der Waals surface area contributed by atoms with Crippen LogP contribution in [0.3, 0.4) is 0 Å². The van der Waals surface area contributed by atoms with Crippen molar-refractivity contribution in [2.75, 3.05) is 24.3 Å². The Morgan fingerprint density at radius 2 is 2.00 bits per heavy atom. The van der Waals surface area contributed by atoms with Gasteiger partial charge in [0.1, 0.15) is 11.4 Å². The summed E-state index contributed by atoms with van der Waals surface area (Å²) >= 11 is 0. The maximum Gasteiger partial charge on any atom is 0.253 e. The first-order valence-electron chi connectivity index (χ1n) is 4.79. The van der Waals surface area contributed by atoms with Crippen molar-refractivity contribution in [3.8, 4) is 0 Å². The molecule has 0 amide bonds. The van der Waals surface area contributed by atoms with Gasteiger partial charge in [0.25, 0.3) is 10.9 Å². The van der Waals surface area contributed by atoms with Crippen LogP contribution in [0.15, 0.2) is 34.1 Å². The Kier molecular flexibility index (Phi) is 2.44. The molecule has 0 aliphatic heterocycles. The molecule has 1 heterocycles. The second-order valence-corrected chi connectivity index (χ2v) is 3.64. The summed E-state index contributed by atoms with van der Waals surface area (Å²) in [6.07, 6.45) is 3.23. The van der Waals surface area contributed by atoms with Gasteiger partial charge in [0.2, 0.25) is 0 Å². The molecule has 0 fully saturated rings. The van der Waals surface area contributed by atoms with E-state index >= 15 is 0 Å². The molecule has 2 rings (SSSR count). The van der Waals surface area contributed by atoms with Gasteiger partial charge in [0.05, 0.1) is 11.9 Å². The quantitative estimate of drug-likeness (QED) is 0.758. The summed E-state index contributed by atoms with van der Waals surface area (Å²) < 4.78 is 0. The Morgan fingerprint density at radius 1 is 1.25 bits per heavy atom. The zero-order valence-electron chi connectivity index (χ0n) is 9.02. The van der Waals surface area contributed by atoms with Crippen molar-refractivity contribution in [1.29, 1.82) is 0 Å². The normalized spacial score (nSPS) is 10.4. The molecule has 5 heteroatoms. The lowest BCUT2D eigenvalue weighted by atomic mass is 10.1. The summed E-state index contributed by atoms with van der Waals surface area (Å²) in [7, 11) is 3.45. The van der Waals surface area contributed by atoms with Crippen LogP contribution in [0.4, 0.5) is 17.1 Å². The average molecular weight is 217 g/mol. The Labute approximate surface area is 92.0 Å². The lowest BCUT2D eigenvalue weighted by molar-refractivity contribution is 1.09. The molecule has 1 aromatic heterocycles. The van der Waals surface area contributed by atoms with Crippen molar-refractivity contribution in [1.82, 2.24) is 4.98 Å². The molecule has 16 heavy (non-hydrogen) atoms. The third kappa shape index (κ3) is 1.56. The van der Waals surface area contributed by atoms with Gasteiger partial charge in [-0.3, -0.25) is 14.6 Å². The fourth-order valence-electron chi connectivity index (χ4n) is 1.50. The Bertz CT molecular complexity index is 568. The van der Waals surface area contributed by atoms with Gasteiger partial charge < -0.3 is 10.2 Å². The SMILES string of the molecule is CN(C)c1c(Nc2cccnc2)c(=O)c1=O. The predicted molar refractivity (Wildman–Crippen MR) is 63.2 cm³/mol. The number of anilines is 3. The number of hydrogen-bond acceptors (Lipinski definition) is 5. The van der Waals surface area contributed by atoms with Crippen LogP contribution in [-0.2, 0) is 0 Å². The molecular formula is C11H11N3O2. The van der Waals surface area contributed by atoms with Crippen LogP contribution in [0, 0.1) is 0 Å². The number of pyridine rings is 1. The summed E-state index contributed by atoms with van der Waals surface area (Å²) in [6, 6.07) is 3.53. The molecule has 0 spiro atoms. The number of nitrogens with one attached hydrogen (secondary N) is 1. The van der Waals surface area contributed by atoms with Gasteiger partial charge in [0, 0.05) is 20.3 Å². The molecule has 2 aromatic rings. The zero-order valence-corrected chi connectivity index (χ0v) is 9.02. The fourth-order valence-corrected chi connectivity index (χ4v) is 1.50. The highest BCUT2D eigenvalue weighted by molar-refractivity contribution is 5.78. The van der Waals surface area contributed by atoms with Crippen LogP contribution < -0.4 is 21.1 Å². The van der Waals surface area contributed by atoms with Gasteiger partial charge in [0.15, 0.2) is 0 Å². The highest BCUT2D eigenvalue weighted by Gasteiger charge is 2.22. The molecule has 82 valence electrons. The van der Waals surface area contributed by atoms with Crippen molar-refractivity contribution in [2.45, 2.75) is 0 Å². The largest absolute Gasteiger partial charge is 0.373 e. The van der Waals surface area contributed by atoms with Crippen LogP contribution in [0.2, 0.25) is 0 Å². The minimum absolute atomic E-state index is 0.336. The maximum absolute atomic E-state index is 11.4. The summed E-state index contributed by atoms with van der Waals surface area (Å²) in [5, 5.41) is 2.90. The van der Waals surface area contributed by atoms with Crippen LogP contribution in [-0.4, -0.2) is 19.1 Å². The second kappa shape index (κ2) is 3.77. The average Bonchev–Trinajstić information content (AvgIpc) is 2.28. The van der Waals surface area contributed by atoms with Crippen LogP contribution in [0.1, 0.15) is 0 Å². The van der Waals surface area contributed by atoms with E-state index in [-0.39, 0.29) is 0 Å². The molecule has 0 radical (unpaired) electrons. The molecule has 5 nitrogen and oxygen atoms in total. The van der Waals surface area contributed by atoms with E-state index in [1.807, 2.05) is 0 Å². The third-order valence-electron chi connectivity index (χ3n) is 2.26.